The van der Waals surface area contributed by atoms with Crippen molar-refractivity contribution in [1.29, 1.82) is 0 Å². The van der Waals surface area contributed by atoms with Gasteiger partial charge in [0.15, 0.2) is 0 Å². The fraction of sp³-hybridized carbons (Fsp3) is 0.368. The molecule has 0 amide bonds. The van der Waals surface area contributed by atoms with Gasteiger partial charge in [0, 0.05) is 13.1 Å². The van der Waals surface area contributed by atoms with E-state index in [1.807, 2.05) is 19.9 Å². The Bertz CT molecular complexity index is 865. The van der Waals surface area contributed by atoms with Gasteiger partial charge in [0.1, 0.15) is 5.82 Å². The van der Waals surface area contributed by atoms with Crippen molar-refractivity contribution in [3.8, 4) is 0 Å². The van der Waals surface area contributed by atoms with Crippen LogP contribution in [0.25, 0.3) is 0 Å². The van der Waals surface area contributed by atoms with Gasteiger partial charge in [0.25, 0.3) is 0 Å². The van der Waals surface area contributed by atoms with Gasteiger partial charge in [-0.2, -0.15) is 4.31 Å². The average Bonchev–Trinajstić information content (AvgIpc) is 2.54. The summed E-state index contributed by atoms with van der Waals surface area (Å²) < 4.78 is 46.7. The van der Waals surface area contributed by atoms with Crippen molar-refractivity contribution >= 4 is 10.0 Å². The van der Waals surface area contributed by atoms with E-state index in [9.17, 15) is 12.8 Å². The van der Waals surface area contributed by atoms with E-state index in [2.05, 4.69) is 0 Å². The van der Waals surface area contributed by atoms with Gasteiger partial charge in [0.05, 0.1) is 17.1 Å². The number of nitrogens with zero attached hydrogens (tertiary/aromatic N) is 1. The molecule has 1 saturated heterocycles. The highest BCUT2D eigenvalue weighted by Gasteiger charge is 2.35. The maximum atomic E-state index is 13.1. The van der Waals surface area contributed by atoms with Crippen molar-refractivity contribution in [2.24, 2.45) is 0 Å². The summed E-state index contributed by atoms with van der Waals surface area (Å²) in [6.45, 7) is 6.10. The monoisotopic (exact) mass is 363 g/mol. The first-order valence-corrected chi connectivity index (χ1v) is 9.69. The van der Waals surface area contributed by atoms with E-state index < -0.39 is 16.1 Å². The van der Waals surface area contributed by atoms with E-state index >= 15 is 0 Å². The van der Waals surface area contributed by atoms with Gasteiger partial charge in [-0.15, -0.1) is 0 Å². The van der Waals surface area contributed by atoms with Crippen LogP contribution in [-0.4, -0.2) is 31.9 Å². The van der Waals surface area contributed by atoms with E-state index in [-0.39, 0.29) is 18.5 Å². The molecule has 4 nitrogen and oxygen atoms in total. The maximum absolute atomic E-state index is 13.1. The molecule has 1 heterocycles. The van der Waals surface area contributed by atoms with Crippen LogP contribution < -0.4 is 0 Å². The van der Waals surface area contributed by atoms with E-state index in [0.29, 0.717) is 11.4 Å². The average molecular weight is 363 g/mol. The number of benzene rings is 2. The Morgan fingerprint density at radius 3 is 2.40 bits per heavy atom. The van der Waals surface area contributed by atoms with Gasteiger partial charge in [-0.05, 0) is 50.1 Å². The lowest BCUT2D eigenvalue weighted by Gasteiger charge is -2.36. The molecule has 0 bridgehead atoms. The summed E-state index contributed by atoms with van der Waals surface area (Å²) in [5.41, 5.74) is 2.53. The summed E-state index contributed by atoms with van der Waals surface area (Å²) in [7, 11) is -3.61. The maximum Gasteiger partial charge on any atom is 0.243 e. The van der Waals surface area contributed by atoms with Gasteiger partial charge in [-0.3, -0.25) is 0 Å². The van der Waals surface area contributed by atoms with Crippen LogP contribution in [0.1, 0.15) is 29.7 Å². The summed E-state index contributed by atoms with van der Waals surface area (Å²) in [6, 6.07) is 11.3. The Balaban J connectivity index is 1.91. The number of hydrogen-bond acceptors (Lipinski definition) is 3. The molecule has 2 aromatic carbocycles. The molecule has 1 aliphatic heterocycles. The van der Waals surface area contributed by atoms with Crippen molar-refractivity contribution in [1.82, 2.24) is 4.31 Å². The molecule has 25 heavy (non-hydrogen) atoms. The Labute approximate surface area is 148 Å². The molecule has 0 radical (unpaired) electrons. The summed E-state index contributed by atoms with van der Waals surface area (Å²) >= 11 is 0. The highest BCUT2D eigenvalue weighted by Crippen LogP contribution is 2.30. The van der Waals surface area contributed by atoms with Crippen molar-refractivity contribution in [2.75, 3.05) is 13.1 Å². The smallest absolute Gasteiger partial charge is 0.243 e. The molecule has 0 aliphatic carbocycles. The van der Waals surface area contributed by atoms with Crippen LogP contribution in [0.2, 0.25) is 0 Å². The zero-order chi connectivity index (χ0) is 18.2. The highest BCUT2D eigenvalue weighted by atomic mass is 32.2. The molecule has 2 atom stereocenters. The van der Waals surface area contributed by atoms with Crippen LogP contribution in [0.3, 0.4) is 0 Å². The normalized spacial score (nSPS) is 22.1. The number of morpholine rings is 1. The second-order valence-corrected chi connectivity index (χ2v) is 8.48. The number of sulfonamides is 1. The van der Waals surface area contributed by atoms with Crippen LogP contribution in [0.4, 0.5) is 4.39 Å². The Morgan fingerprint density at radius 1 is 1.08 bits per heavy atom. The first-order valence-electron chi connectivity index (χ1n) is 8.25. The molecule has 2 aromatic rings. The third kappa shape index (κ3) is 3.76. The van der Waals surface area contributed by atoms with E-state index in [1.165, 1.54) is 16.4 Å². The van der Waals surface area contributed by atoms with Gasteiger partial charge in [-0.1, -0.05) is 29.8 Å². The van der Waals surface area contributed by atoms with Crippen LogP contribution >= 0.6 is 0 Å². The SMILES string of the molecule is Cc1ccc(S(=O)(=O)N2CC(C)OC(c3ccc(F)cc3)C2)c(C)c1. The summed E-state index contributed by atoms with van der Waals surface area (Å²) in [6.07, 6.45) is -0.658. The molecule has 1 fully saturated rings. The first-order chi connectivity index (χ1) is 11.8. The largest absolute Gasteiger partial charge is 0.368 e. The Hall–Kier alpha value is -1.76. The number of hydrogen-bond donors (Lipinski definition) is 0. The van der Waals surface area contributed by atoms with E-state index in [4.69, 9.17) is 4.74 Å². The van der Waals surface area contributed by atoms with Gasteiger partial charge >= 0.3 is 0 Å². The first kappa shape index (κ1) is 18.0. The highest BCUT2D eigenvalue weighted by molar-refractivity contribution is 7.89. The van der Waals surface area contributed by atoms with Gasteiger partial charge < -0.3 is 4.74 Å². The van der Waals surface area contributed by atoms with Crippen LogP contribution in [0.5, 0.6) is 0 Å². The molecular formula is C19H22FNO3S. The minimum atomic E-state index is -3.61. The molecular weight excluding hydrogens is 341 g/mol. The lowest BCUT2D eigenvalue weighted by atomic mass is 10.1. The molecule has 0 spiro atoms. The van der Waals surface area contributed by atoms with Crippen LogP contribution in [-0.2, 0) is 14.8 Å². The number of rotatable bonds is 3. The number of aryl methyl sites for hydroxylation is 2. The number of ether oxygens (including phenoxy) is 1. The molecule has 0 aromatic heterocycles. The minimum absolute atomic E-state index is 0.214. The summed E-state index contributed by atoms with van der Waals surface area (Å²) in [4.78, 5) is 0.324. The third-order valence-electron chi connectivity index (χ3n) is 4.42. The van der Waals surface area contributed by atoms with Gasteiger partial charge in [0.2, 0.25) is 10.0 Å². The number of halogens is 1. The lowest BCUT2D eigenvalue weighted by molar-refractivity contribution is -0.0557. The predicted molar refractivity (Wildman–Crippen MR) is 94.4 cm³/mol. The van der Waals surface area contributed by atoms with Crippen molar-refractivity contribution < 1.29 is 17.5 Å². The zero-order valence-electron chi connectivity index (χ0n) is 14.6. The van der Waals surface area contributed by atoms with E-state index in [1.54, 1.807) is 31.2 Å². The van der Waals surface area contributed by atoms with E-state index in [0.717, 1.165) is 16.7 Å². The van der Waals surface area contributed by atoms with Crippen LogP contribution in [0.15, 0.2) is 47.4 Å². The zero-order valence-corrected chi connectivity index (χ0v) is 15.4. The molecule has 134 valence electrons. The molecule has 1 aliphatic rings. The van der Waals surface area contributed by atoms with Crippen LogP contribution in [0, 0.1) is 19.7 Å². The minimum Gasteiger partial charge on any atom is -0.368 e. The second-order valence-electron chi connectivity index (χ2n) is 6.58. The van der Waals surface area contributed by atoms with Crippen molar-refractivity contribution in [2.45, 2.75) is 37.9 Å². The fourth-order valence-corrected chi connectivity index (χ4v) is 4.92. The molecule has 6 heteroatoms. The molecule has 0 saturated carbocycles. The van der Waals surface area contributed by atoms with Crippen molar-refractivity contribution in [3.63, 3.8) is 0 Å². The molecule has 0 N–H and O–H groups in total. The quantitative estimate of drug-likeness (QED) is 0.837. The summed E-state index contributed by atoms with van der Waals surface area (Å²) in [5, 5.41) is 0. The summed E-state index contributed by atoms with van der Waals surface area (Å²) in [5.74, 6) is -0.327. The topological polar surface area (TPSA) is 46.6 Å². The molecule has 2 unspecified atom stereocenters. The predicted octanol–water partition coefficient (Wildman–Crippen LogP) is 3.59. The second kappa shape index (κ2) is 6.86. The standard InChI is InChI=1S/C19H22FNO3S/c1-13-4-9-19(14(2)10-13)25(22,23)21-11-15(3)24-18(12-21)16-5-7-17(20)8-6-16/h4-10,15,18H,11-12H2,1-3H3. The van der Waals surface area contributed by atoms with Gasteiger partial charge in [-0.25, -0.2) is 12.8 Å². The Morgan fingerprint density at radius 2 is 1.76 bits per heavy atom. The lowest BCUT2D eigenvalue weighted by Crippen LogP contribution is -2.46. The van der Waals surface area contributed by atoms with Crippen molar-refractivity contribution in [3.05, 3.63) is 65.0 Å². The third-order valence-corrected chi connectivity index (χ3v) is 6.41. The fourth-order valence-electron chi connectivity index (χ4n) is 3.20. The molecule has 3 rings (SSSR count). The Kier molecular flexibility index (Phi) is 4.95.